The third-order valence-corrected chi connectivity index (χ3v) is 5.30. The number of anilines is 2. The summed E-state index contributed by atoms with van der Waals surface area (Å²) >= 11 is 1.54. The van der Waals surface area contributed by atoms with Crippen molar-refractivity contribution in [3.63, 3.8) is 0 Å². The number of thioether (sulfide) groups is 1. The first-order valence-corrected chi connectivity index (χ1v) is 10.5. The molecule has 5 heteroatoms. The summed E-state index contributed by atoms with van der Waals surface area (Å²) in [7, 11) is 0. The molecule has 2 N–H and O–H groups in total. The SMILES string of the molecule is Cc1cccc(NC(=O)CCCSCC(=O)Nc2ccc3ccccc3c2)c1. The fourth-order valence-corrected chi connectivity index (χ4v) is 3.66. The predicted octanol–water partition coefficient (Wildman–Crippen LogP) is 5.24. The number of aryl methyl sites for hydroxylation is 1. The lowest BCUT2D eigenvalue weighted by atomic mass is 10.1. The van der Waals surface area contributed by atoms with Gasteiger partial charge in [0.05, 0.1) is 5.75 Å². The molecule has 0 aliphatic carbocycles. The summed E-state index contributed by atoms with van der Waals surface area (Å²) < 4.78 is 0. The van der Waals surface area contributed by atoms with Crippen LogP contribution in [0.3, 0.4) is 0 Å². The zero-order chi connectivity index (χ0) is 19.8. The van der Waals surface area contributed by atoms with Gasteiger partial charge in [0, 0.05) is 17.8 Å². The third-order valence-electron chi connectivity index (χ3n) is 4.26. The molecule has 2 amide bonds. The Morgan fingerprint density at radius 3 is 2.39 bits per heavy atom. The molecule has 0 heterocycles. The highest BCUT2D eigenvalue weighted by Gasteiger charge is 2.05. The molecule has 0 aromatic heterocycles. The molecular formula is C23H24N2O2S. The average Bonchev–Trinajstić information content (AvgIpc) is 2.67. The minimum absolute atomic E-state index is 0.00631. The second kappa shape index (κ2) is 9.95. The first-order valence-electron chi connectivity index (χ1n) is 9.33. The highest BCUT2D eigenvalue weighted by molar-refractivity contribution is 7.99. The van der Waals surface area contributed by atoms with Crippen LogP contribution >= 0.6 is 11.8 Å². The van der Waals surface area contributed by atoms with E-state index >= 15 is 0 Å². The van der Waals surface area contributed by atoms with Crippen molar-refractivity contribution < 1.29 is 9.59 Å². The quantitative estimate of drug-likeness (QED) is 0.516. The van der Waals surface area contributed by atoms with E-state index in [-0.39, 0.29) is 11.8 Å². The van der Waals surface area contributed by atoms with Gasteiger partial charge in [0.1, 0.15) is 0 Å². The van der Waals surface area contributed by atoms with Crippen molar-refractivity contribution in [2.75, 3.05) is 22.1 Å². The first kappa shape index (κ1) is 20.0. The van der Waals surface area contributed by atoms with Gasteiger partial charge in [-0.3, -0.25) is 9.59 Å². The lowest BCUT2D eigenvalue weighted by molar-refractivity contribution is -0.116. The second-order valence-electron chi connectivity index (χ2n) is 6.68. The van der Waals surface area contributed by atoms with Crippen molar-refractivity contribution >= 4 is 45.7 Å². The van der Waals surface area contributed by atoms with Gasteiger partial charge in [0.15, 0.2) is 0 Å². The summed E-state index contributed by atoms with van der Waals surface area (Å²) in [6, 6.07) is 21.7. The number of hydrogen-bond acceptors (Lipinski definition) is 3. The monoisotopic (exact) mass is 392 g/mol. The summed E-state index contributed by atoms with van der Waals surface area (Å²) in [6.45, 7) is 2.00. The van der Waals surface area contributed by atoms with Gasteiger partial charge in [-0.1, -0.05) is 42.5 Å². The highest BCUT2D eigenvalue weighted by Crippen LogP contribution is 2.19. The first-order chi connectivity index (χ1) is 13.6. The number of carbonyl (C=O) groups is 2. The molecule has 0 aliphatic rings. The number of amides is 2. The smallest absolute Gasteiger partial charge is 0.234 e. The fourth-order valence-electron chi connectivity index (χ4n) is 2.91. The Hall–Kier alpha value is -2.79. The minimum Gasteiger partial charge on any atom is -0.326 e. The zero-order valence-corrected chi connectivity index (χ0v) is 16.7. The van der Waals surface area contributed by atoms with E-state index in [1.165, 1.54) is 0 Å². The molecule has 3 rings (SSSR count). The maximum absolute atomic E-state index is 12.1. The van der Waals surface area contributed by atoms with E-state index in [1.807, 2.05) is 73.7 Å². The molecule has 0 unspecified atom stereocenters. The van der Waals surface area contributed by atoms with Gasteiger partial charge in [0.25, 0.3) is 0 Å². The molecule has 0 spiro atoms. The van der Waals surface area contributed by atoms with Crippen LogP contribution in [0.4, 0.5) is 11.4 Å². The molecule has 3 aromatic rings. The van der Waals surface area contributed by atoms with Crippen LogP contribution in [-0.4, -0.2) is 23.3 Å². The third kappa shape index (κ3) is 6.13. The number of nitrogens with one attached hydrogen (secondary N) is 2. The van der Waals surface area contributed by atoms with Crippen molar-refractivity contribution in [3.05, 3.63) is 72.3 Å². The fraction of sp³-hybridized carbons (Fsp3) is 0.217. The Kier molecular flexibility index (Phi) is 7.09. The van der Waals surface area contributed by atoms with Crippen molar-refractivity contribution in [2.24, 2.45) is 0 Å². The average molecular weight is 393 g/mol. The van der Waals surface area contributed by atoms with E-state index in [2.05, 4.69) is 10.6 Å². The second-order valence-corrected chi connectivity index (χ2v) is 7.79. The van der Waals surface area contributed by atoms with Crippen molar-refractivity contribution in [1.29, 1.82) is 0 Å². The Balaban J connectivity index is 1.34. The van der Waals surface area contributed by atoms with Crippen LogP contribution in [0.5, 0.6) is 0 Å². The lowest BCUT2D eigenvalue weighted by Gasteiger charge is -2.07. The van der Waals surface area contributed by atoms with Crippen LogP contribution in [0, 0.1) is 6.92 Å². The molecule has 0 aliphatic heterocycles. The summed E-state index contributed by atoms with van der Waals surface area (Å²) in [5.74, 6) is 1.13. The number of hydrogen-bond donors (Lipinski definition) is 2. The van der Waals surface area contributed by atoms with Gasteiger partial charge >= 0.3 is 0 Å². The predicted molar refractivity (Wildman–Crippen MR) is 119 cm³/mol. The van der Waals surface area contributed by atoms with Crippen molar-refractivity contribution in [1.82, 2.24) is 0 Å². The summed E-state index contributed by atoms with van der Waals surface area (Å²) in [6.07, 6.45) is 1.19. The maximum Gasteiger partial charge on any atom is 0.234 e. The van der Waals surface area contributed by atoms with Gasteiger partial charge in [-0.25, -0.2) is 0 Å². The molecule has 144 valence electrons. The highest BCUT2D eigenvalue weighted by atomic mass is 32.2. The van der Waals surface area contributed by atoms with E-state index in [0.29, 0.717) is 12.2 Å². The van der Waals surface area contributed by atoms with Crippen molar-refractivity contribution in [3.8, 4) is 0 Å². The molecule has 0 atom stereocenters. The van der Waals surface area contributed by atoms with Crippen LogP contribution < -0.4 is 10.6 Å². The van der Waals surface area contributed by atoms with E-state index in [4.69, 9.17) is 0 Å². The minimum atomic E-state index is -0.0236. The van der Waals surface area contributed by atoms with Crippen LogP contribution in [0.2, 0.25) is 0 Å². The molecule has 0 fully saturated rings. The van der Waals surface area contributed by atoms with E-state index < -0.39 is 0 Å². The molecule has 28 heavy (non-hydrogen) atoms. The van der Waals surface area contributed by atoms with Crippen LogP contribution in [0.1, 0.15) is 18.4 Å². The number of fused-ring (bicyclic) bond motifs is 1. The van der Waals surface area contributed by atoms with Crippen LogP contribution in [0.25, 0.3) is 10.8 Å². The number of rotatable bonds is 8. The molecule has 3 aromatic carbocycles. The van der Waals surface area contributed by atoms with E-state index in [9.17, 15) is 9.59 Å². The standard InChI is InChI=1S/C23H24N2O2S/c1-17-6-4-9-20(14-17)24-22(26)10-5-13-28-16-23(27)25-21-12-11-18-7-2-3-8-19(18)15-21/h2-4,6-9,11-12,14-15H,5,10,13,16H2,1H3,(H,24,26)(H,25,27). The van der Waals surface area contributed by atoms with Gasteiger partial charge in [-0.15, -0.1) is 0 Å². The Labute approximate surface area is 169 Å². The number of benzene rings is 3. The summed E-state index contributed by atoms with van der Waals surface area (Å²) in [4.78, 5) is 24.1. The molecular weight excluding hydrogens is 368 g/mol. The van der Waals surface area contributed by atoms with E-state index in [1.54, 1.807) is 11.8 Å². The van der Waals surface area contributed by atoms with Crippen molar-refractivity contribution in [2.45, 2.75) is 19.8 Å². The molecule has 0 radical (unpaired) electrons. The summed E-state index contributed by atoms with van der Waals surface area (Å²) in [5, 5.41) is 8.09. The normalized spacial score (nSPS) is 10.6. The van der Waals surface area contributed by atoms with Gasteiger partial charge in [0.2, 0.25) is 11.8 Å². The van der Waals surface area contributed by atoms with Crippen LogP contribution in [-0.2, 0) is 9.59 Å². The maximum atomic E-state index is 12.1. The van der Waals surface area contributed by atoms with E-state index in [0.717, 1.165) is 39.9 Å². The summed E-state index contributed by atoms with van der Waals surface area (Å²) in [5.41, 5.74) is 2.75. The van der Waals surface area contributed by atoms with Gasteiger partial charge in [-0.05, 0) is 59.7 Å². The van der Waals surface area contributed by atoms with Gasteiger partial charge < -0.3 is 10.6 Å². The molecule has 0 saturated carbocycles. The topological polar surface area (TPSA) is 58.2 Å². The largest absolute Gasteiger partial charge is 0.326 e. The molecule has 0 bridgehead atoms. The lowest BCUT2D eigenvalue weighted by Crippen LogP contribution is -2.15. The molecule has 0 saturated heterocycles. The zero-order valence-electron chi connectivity index (χ0n) is 15.9. The van der Waals surface area contributed by atoms with Gasteiger partial charge in [-0.2, -0.15) is 11.8 Å². The van der Waals surface area contributed by atoms with Crippen LogP contribution in [0.15, 0.2) is 66.7 Å². The number of carbonyl (C=O) groups excluding carboxylic acids is 2. The Bertz CT molecular complexity index is 971. The Morgan fingerprint density at radius 1 is 0.821 bits per heavy atom. The Morgan fingerprint density at radius 2 is 1.57 bits per heavy atom. The molecule has 4 nitrogen and oxygen atoms in total.